The lowest BCUT2D eigenvalue weighted by molar-refractivity contribution is -0.184. The third kappa shape index (κ3) is 3.86. The van der Waals surface area contributed by atoms with Crippen LogP contribution in [0.4, 0.5) is 18.9 Å². The minimum Gasteiger partial charge on any atom is -0.494 e. The number of nitrogens with one attached hydrogen (secondary N) is 1. The van der Waals surface area contributed by atoms with Crippen molar-refractivity contribution in [1.29, 1.82) is 0 Å². The summed E-state index contributed by atoms with van der Waals surface area (Å²) in [6.45, 7) is 3.12. The number of anilines is 1. The fourth-order valence-electron chi connectivity index (χ4n) is 1.24. The van der Waals surface area contributed by atoms with E-state index in [2.05, 4.69) is 5.32 Å². The van der Waals surface area contributed by atoms with Crippen molar-refractivity contribution in [2.45, 2.75) is 32.0 Å². The predicted octanol–water partition coefficient (Wildman–Crippen LogP) is 2.69. The van der Waals surface area contributed by atoms with E-state index < -0.39 is 17.6 Å². The summed E-state index contributed by atoms with van der Waals surface area (Å²) in [5.74, 6) is -0.733. The first-order valence-electron chi connectivity index (χ1n) is 6.08. The minimum atomic E-state index is -4.82. The SMILES string of the molecule is CCCOc1ccc(NC(=O)C(C)(N)C(F)(F)F)cc1. The fraction of sp³-hybridized carbons (Fsp3) is 0.462. The van der Waals surface area contributed by atoms with E-state index in [0.29, 0.717) is 19.3 Å². The largest absolute Gasteiger partial charge is 0.494 e. The van der Waals surface area contributed by atoms with Crippen LogP contribution in [0.25, 0.3) is 0 Å². The smallest absolute Gasteiger partial charge is 0.415 e. The lowest BCUT2D eigenvalue weighted by Gasteiger charge is -2.26. The molecule has 20 heavy (non-hydrogen) atoms. The molecule has 0 saturated heterocycles. The van der Waals surface area contributed by atoms with Crippen molar-refractivity contribution in [3.05, 3.63) is 24.3 Å². The van der Waals surface area contributed by atoms with Crippen molar-refractivity contribution in [3.8, 4) is 5.75 Å². The monoisotopic (exact) mass is 290 g/mol. The lowest BCUT2D eigenvalue weighted by atomic mass is 10.0. The normalized spacial score (nSPS) is 14.5. The average molecular weight is 290 g/mol. The molecule has 0 spiro atoms. The first-order chi connectivity index (χ1) is 9.18. The second-order valence-electron chi connectivity index (χ2n) is 4.53. The Morgan fingerprint density at radius 3 is 2.30 bits per heavy atom. The molecule has 7 heteroatoms. The van der Waals surface area contributed by atoms with Gasteiger partial charge < -0.3 is 15.8 Å². The van der Waals surface area contributed by atoms with Gasteiger partial charge in [0, 0.05) is 5.69 Å². The van der Waals surface area contributed by atoms with Crippen LogP contribution in [-0.2, 0) is 4.79 Å². The zero-order chi connectivity index (χ0) is 15.4. The number of alkyl halides is 3. The summed E-state index contributed by atoms with van der Waals surface area (Å²) in [5.41, 5.74) is 2.30. The average Bonchev–Trinajstić information content (AvgIpc) is 2.36. The highest BCUT2D eigenvalue weighted by Crippen LogP contribution is 2.29. The van der Waals surface area contributed by atoms with E-state index in [1.54, 1.807) is 12.1 Å². The Hall–Kier alpha value is -1.76. The first-order valence-corrected chi connectivity index (χ1v) is 6.08. The van der Waals surface area contributed by atoms with Crippen LogP contribution >= 0.6 is 0 Å². The molecule has 0 saturated carbocycles. The Balaban J connectivity index is 2.72. The maximum atomic E-state index is 12.6. The number of carbonyl (C=O) groups excluding carboxylic acids is 1. The Morgan fingerprint density at radius 2 is 1.85 bits per heavy atom. The molecule has 3 N–H and O–H groups in total. The van der Waals surface area contributed by atoms with E-state index in [0.717, 1.165) is 6.42 Å². The van der Waals surface area contributed by atoms with Gasteiger partial charge >= 0.3 is 6.18 Å². The highest BCUT2D eigenvalue weighted by molar-refractivity contribution is 5.98. The van der Waals surface area contributed by atoms with Crippen LogP contribution in [-0.4, -0.2) is 24.2 Å². The van der Waals surface area contributed by atoms with E-state index in [9.17, 15) is 18.0 Å². The Bertz CT molecular complexity index is 456. The third-order valence-corrected chi connectivity index (χ3v) is 2.65. The van der Waals surface area contributed by atoms with Gasteiger partial charge in [-0.05, 0) is 37.6 Å². The molecule has 1 aromatic carbocycles. The van der Waals surface area contributed by atoms with E-state index in [-0.39, 0.29) is 5.69 Å². The van der Waals surface area contributed by atoms with Gasteiger partial charge in [-0.2, -0.15) is 13.2 Å². The Labute approximate surface area is 115 Å². The van der Waals surface area contributed by atoms with Crippen LogP contribution in [0.5, 0.6) is 5.75 Å². The van der Waals surface area contributed by atoms with E-state index >= 15 is 0 Å². The number of benzene rings is 1. The molecule has 0 aliphatic heterocycles. The molecule has 0 radical (unpaired) electrons. The molecule has 4 nitrogen and oxygen atoms in total. The Kier molecular flexibility index (Phi) is 4.99. The van der Waals surface area contributed by atoms with Crippen molar-refractivity contribution >= 4 is 11.6 Å². The summed E-state index contributed by atoms with van der Waals surface area (Å²) in [4.78, 5) is 11.6. The summed E-state index contributed by atoms with van der Waals surface area (Å²) < 4.78 is 43.1. The number of halogens is 3. The summed E-state index contributed by atoms with van der Waals surface area (Å²) in [6, 6.07) is 6.03. The number of nitrogens with two attached hydrogens (primary N) is 1. The van der Waals surface area contributed by atoms with E-state index in [1.165, 1.54) is 12.1 Å². The quantitative estimate of drug-likeness (QED) is 0.876. The van der Waals surface area contributed by atoms with Gasteiger partial charge in [-0.3, -0.25) is 4.79 Å². The maximum absolute atomic E-state index is 12.6. The molecule has 112 valence electrons. The standard InChI is InChI=1S/C13H17F3N2O2/c1-3-8-20-10-6-4-9(5-7-10)18-11(19)12(2,17)13(14,15)16/h4-7H,3,8,17H2,1-2H3,(H,18,19). The third-order valence-electron chi connectivity index (χ3n) is 2.65. The Morgan fingerprint density at radius 1 is 1.30 bits per heavy atom. The molecule has 0 aliphatic carbocycles. The molecule has 1 atom stereocenters. The van der Waals surface area contributed by atoms with Gasteiger partial charge in [0.15, 0.2) is 5.54 Å². The van der Waals surface area contributed by atoms with Crippen molar-refractivity contribution in [2.24, 2.45) is 5.73 Å². The summed E-state index contributed by atoms with van der Waals surface area (Å²) in [6.07, 6.45) is -3.98. The van der Waals surface area contributed by atoms with Crippen molar-refractivity contribution in [3.63, 3.8) is 0 Å². The molecular formula is C13H17F3N2O2. The summed E-state index contributed by atoms with van der Waals surface area (Å²) in [7, 11) is 0. The number of ether oxygens (including phenoxy) is 1. The first kappa shape index (κ1) is 16.3. The molecule has 0 fully saturated rings. The second kappa shape index (κ2) is 6.13. The summed E-state index contributed by atoms with van der Waals surface area (Å²) >= 11 is 0. The van der Waals surface area contributed by atoms with Gasteiger partial charge in [0.1, 0.15) is 5.75 Å². The molecule has 1 amide bonds. The van der Waals surface area contributed by atoms with Gasteiger partial charge in [0.25, 0.3) is 5.91 Å². The highest BCUT2D eigenvalue weighted by Gasteiger charge is 2.53. The highest BCUT2D eigenvalue weighted by atomic mass is 19.4. The van der Waals surface area contributed by atoms with Crippen molar-refractivity contribution < 1.29 is 22.7 Å². The van der Waals surface area contributed by atoms with Crippen molar-refractivity contribution in [2.75, 3.05) is 11.9 Å². The molecule has 0 bridgehead atoms. The minimum absolute atomic E-state index is 0.222. The van der Waals surface area contributed by atoms with Crippen LogP contribution < -0.4 is 15.8 Å². The fourth-order valence-corrected chi connectivity index (χ4v) is 1.24. The van der Waals surface area contributed by atoms with Crippen LogP contribution in [0.1, 0.15) is 20.3 Å². The van der Waals surface area contributed by atoms with Gasteiger partial charge in [0.2, 0.25) is 0 Å². The molecule has 0 heterocycles. The van der Waals surface area contributed by atoms with Crippen LogP contribution in [0.3, 0.4) is 0 Å². The number of hydrogen-bond acceptors (Lipinski definition) is 3. The molecule has 1 aromatic rings. The van der Waals surface area contributed by atoms with Crippen LogP contribution in [0.15, 0.2) is 24.3 Å². The number of rotatable bonds is 5. The zero-order valence-electron chi connectivity index (χ0n) is 11.3. The molecule has 0 aromatic heterocycles. The lowest BCUT2D eigenvalue weighted by Crippen LogP contribution is -2.59. The van der Waals surface area contributed by atoms with Crippen molar-refractivity contribution in [1.82, 2.24) is 0 Å². The zero-order valence-corrected chi connectivity index (χ0v) is 11.3. The predicted molar refractivity (Wildman–Crippen MR) is 69.5 cm³/mol. The van der Waals surface area contributed by atoms with E-state index in [1.807, 2.05) is 6.92 Å². The molecule has 0 aliphatic rings. The van der Waals surface area contributed by atoms with E-state index in [4.69, 9.17) is 10.5 Å². The molecular weight excluding hydrogens is 273 g/mol. The number of amides is 1. The van der Waals surface area contributed by atoms with Gasteiger partial charge in [-0.25, -0.2) is 0 Å². The van der Waals surface area contributed by atoms with Crippen LogP contribution in [0.2, 0.25) is 0 Å². The topological polar surface area (TPSA) is 64.3 Å². The number of hydrogen-bond donors (Lipinski definition) is 2. The van der Waals surface area contributed by atoms with Gasteiger partial charge in [0.05, 0.1) is 6.61 Å². The van der Waals surface area contributed by atoms with Gasteiger partial charge in [-0.1, -0.05) is 6.92 Å². The summed E-state index contributed by atoms with van der Waals surface area (Å²) in [5, 5.41) is 2.13. The van der Waals surface area contributed by atoms with Crippen LogP contribution in [0, 0.1) is 0 Å². The van der Waals surface area contributed by atoms with Gasteiger partial charge in [-0.15, -0.1) is 0 Å². The molecule has 1 unspecified atom stereocenters. The maximum Gasteiger partial charge on any atom is 0.415 e. The second-order valence-corrected chi connectivity index (χ2v) is 4.53. The molecule has 1 rings (SSSR count). The number of carbonyl (C=O) groups is 1.